The lowest BCUT2D eigenvalue weighted by Gasteiger charge is -2.18. The fourth-order valence-electron chi connectivity index (χ4n) is 4.01. The number of nitriles is 1. The molecule has 0 saturated carbocycles. The van der Waals surface area contributed by atoms with Crippen molar-refractivity contribution in [1.82, 2.24) is 5.32 Å². The minimum Gasteiger partial charge on any atom is -0.480 e. The molecule has 0 aromatic heterocycles. The zero-order valence-corrected chi connectivity index (χ0v) is 16.6. The van der Waals surface area contributed by atoms with E-state index in [4.69, 9.17) is 4.74 Å². The molecule has 1 aliphatic carbocycles. The maximum atomic E-state index is 12.4. The van der Waals surface area contributed by atoms with Crippen LogP contribution in [-0.2, 0) is 16.0 Å². The molecule has 0 spiro atoms. The van der Waals surface area contributed by atoms with E-state index < -0.39 is 18.1 Å². The number of alkyl carbamates (subject to hydrolysis) is 1. The van der Waals surface area contributed by atoms with Crippen molar-refractivity contribution in [3.8, 4) is 17.2 Å². The molecule has 31 heavy (non-hydrogen) atoms. The van der Waals surface area contributed by atoms with Gasteiger partial charge in [0.05, 0.1) is 11.6 Å². The Morgan fingerprint density at radius 3 is 2.16 bits per heavy atom. The molecule has 0 saturated heterocycles. The average molecular weight is 412 g/mol. The van der Waals surface area contributed by atoms with Gasteiger partial charge in [-0.25, -0.2) is 9.59 Å². The molecule has 1 atom stereocenters. The van der Waals surface area contributed by atoms with E-state index in [0.29, 0.717) is 11.1 Å². The summed E-state index contributed by atoms with van der Waals surface area (Å²) in [6.07, 6.45) is -0.813. The number of aliphatic carboxylic acids is 1. The van der Waals surface area contributed by atoms with Crippen LogP contribution in [0.5, 0.6) is 0 Å². The third kappa shape index (κ3) is 4.12. The predicted molar refractivity (Wildman–Crippen MR) is 114 cm³/mol. The maximum absolute atomic E-state index is 12.4. The van der Waals surface area contributed by atoms with Gasteiger partial charge in [0.15, 0.2) is 0 Å². The van der Waals surface area contributed by atoms with Crippen LogP contribution in [0, 0.1) is 11.3 Å². The minimum atomic E-state index is -1.20. The van der Waals surface area contributed by atoms with E-state index in [1.54, 1.807) is 24.3 Å². The molecule has 6 heteroatoms. The van der Waals surface area contributed by atoms with Crippen molar-refractivity contribution < 1.29 is 19.4 Å². The number of hydrogen-bond donors (Lipinski definition) is 2. The van der Waals surface area contributed by atoms with Gasteiger partial charge in [0, 0.05) is 12.3 Å². The molecule has 4 rings (SSSR count). The van der Waals surface area contributed by atoms with Crippen LogP contribution in [0.1, 0.15) is 28.2 Å². The third-order valence-electron chi connectivity index (χ3n) is 5.50. The Morgan fingerprint density at radius 2 is 1.55 bits per heavy atom. The molecule has 2 N–H and O–H groups in total. The van der Waals surface area contributed by atoms with Crippen LogP contribution >= 0.6 is 0 Å². The van der Waals surface area contributed by atoms with Crippen molar-refractivity contribution >= 4 is 12.1 Å². The van der Waals surface area contributed by atoms with Crippen molar-refractivity contribution in [1.29, 1.82) is 5.26 Å². The quantitative estimate of drug-likeness (QED) is 0.635. The molecule has 0 bridgehead atoms. The number of amides is 1. The molecule has 0 heterocycles. The summed E-state index contributed by atoms with van der Waals surface area (Å²) >= 11 is 0. The zero-order chi connectivity index (χ0) is 21.8. The standard InChI is InChI=1S/C25H20N2O4/c26-14-17-8-2-1-7-16(17)13-23(24(28)29)27-25(30)31-15-22-20-11-5-3-9-18(20)19-10-4-6-12-21(19)22/h1-12,22-23H,13,15H2,(H,27,30)(H,28,29). The molecule has 6 nitrogen and oxygen atoms in total. The highest BCUT2D eigenvalue weighted by Crippen LogP contribution is 2.44. The zero-order valence-electron chi connectivity index (χ0n) is 16.6. The first kappa shape index (κ1) is 20.2. The summed E-state index contributed by atoms with van der Waals surface area (Å²) in [6, 6.07) is 23.5. The Balaban J connectivity index is 1.45. The van der Waals surface area contributed by atoms with Crippen LogP contribution in [0.25, 0.3) is 11.1 Å². The van der Waals surface area contributed by atoms with Crippen LogP contribution in [0.15, 0.2) is 72.8 Å². The highest BCUT2D eigenvalue weighted by molar-refractivity contribution is 5.81. The number of hydrogen-bond acceptors (Lipinski definition) is 4. The minimum absolute atomic E-state index is 0.0107. The van der Waals surface area contributed by atoms with E-state index in [-0.39, 0.29) is 18.9 Å². The second-order valence-electron chi connectivity index (χ2n) is 7.33. The number of fused-ring (bicyclic) bond motifs is 3. The van der Waals surface area contributed by atoms with Gasteiger partial charge < -0.3 is 15.2 Å². The third-order valence-corrected chi connectivity index (χ3v) is 5.50. The number of nitrogens with zero attached hydrogens (tertiary/aromatic N) is 1. The van der Waals surface area contributed by atoms with Crippen LogP contribution in [0.2, 0.25) is 0 Å². The van der Waals surface area contributed by atoms with Gasteiger partial charge in [-0.05, 0) is 33.9 Å². The second-order valence-corrected chi connectivity index (χ2v) is 7.33. The van der Waals surface area contributed by atoms with Crippen molar-refractivity contribution in [2.75, 3.05) is 6.61 Å². The normalized spacial score (nSPS) is 12.9. The van der Waals surface area contributed by atoms with Crippen LogP contribution in [-0.4, -0.2) is 29.8 Å². The Hall–Kier alpha value is -4.11. The van der Waals surface area contributed by atoms with Crippen LogP contribution < -0.4 is 5.32 Å². The van der Waals surface area contributed by atoms with E-state index in [1.165, 1.54) is 0 Å². The summed E-state index contributed by atoms with van der Waals surface area (Å²) in [6.45, 7) is 0.0982. The van der Waals surface area contributed by atoms with E-state index in [9.17, 15) is 20.0 Å². The lowest BCUT2D eigenvalue weighted by Crippen LogP contribution is -2.43. The van der Waals surface area contributed by atoms with Gasteiger partial charge >= 0.3 is 12.1 Å². The molecule has 3 aromatic carbocycles. The molecule has 1 unspecified atom stereocenters. The van der Waals surface area contributed by atoms with E-state index in [2.05, 4.69) is 5.32 Å². The number of benzene rings is 3. The van der Waals surface area contributed by atoms with Gasteiger partial charge in [-0.1, -0.05) is 66.7 Å². The summed E-state index contributed by atoms with van der Waals surface area (Å²) in [5.74, 6) is -1.30. The topological polar surface area (TPSA) is 99.4 Å². The van der Waals surface area contributed by atoms with Crippen LogP contribution in [0.3, 0.4) is 0 Å². The van der Waals surface area contributed by atoms with E-state index in [1.807, 2.05) is 54.6 Å². The first-order valence-corrected chi connectivity index (χ1v) is 9.91. The number of carbonyl (C=O) groups excluding carboxylic acids is 1. The van der Waals surface area contributed by atoms with Crippen molar-refractivity contribution in [2.45, 2.75) is 18.4 Å². The Bertz CT molecular complexity index is 1140. The van der Waals surface area contributed by atoms with Gasteiger partial charge in [-0.15, -0.1) is 0 Å². The van der Waals surface area contributed by atoms with Gasteiger partial charge in [0.1, 0.15) is 12.6 Å². The Kier molecular flexibility index (Phi) is 5.67. The molecule has 0 aliphatic heterocycles. The van der Waals surface area contributed by atoms with Crippen molar-refractivity contribution in [3.63, 3.8) is 0 Å². The van der Waals surface area contributed by atoms with E-state index in [0.717, 1.165) is 22.3 Å². The molecule has 0 fully saturated rings. The van der Waals surface area contributed by atoms with Crippen molar-refractivity contribution in [2.24, 2.45) is 0 Å². The fourth-order valence-corrected chi connectivity index (χ4v) is 4.01. The molecule has 1 aliphatic rings. The SMILES string of the molecule is N#Cc1ccccc1CC(NC(=O)OCC1c2ccccc2-c2ccccc21)C(=O)O. The van der Waals surface area contributed by atoms with Gasteiger partial charge in [0.2, 0.25) is 0 Å². The largest absolute Gasteiger partial charge is 0.480 e. The highest BCUT2D eigenvalue weighted by Gasteiger charge is 2.30. The second kappa shape index (κ2) is 8.72. The smallest absolute Gasteiger partial charge is 0.407 e. The van der Waals surface area contributed by atoms with Gasteiger partial charge in [-0.3, -0.25) is 0 Å². The molecule has 1 amide bonds. The molecule has 3 aromatic rings. The monoisotopic (exact) mass is 412 g/mol. The predicted octanol–water partition coefficient (Wildman–Crippen LogP) is 4.09. The molecule has 0 radical (unpaired) electrons. The van der Waals surface area contributed by atoms with Crippen molar-refractivity contribution in [3.05, 3.63) is 95.1 Å². The summed E-state index contributed by atoms with van der Waals surface area (Å²) in [5, 5.41) is 21.2. The van der Waals surface area contributed by atoms with Gasteiger partial charge in [-0.2, -0.15) is 5.26 Å². The Morgan fingerprint density at radius 1 is 0.968 bits per heavy atom. The number of nitrogens with one attached hydrogen (secondary N) is 1. The van der Waals surface area contributed by atoms with Crippen LogP contribution in [0.4, 0.5) is 4.79 Å². The number of ether oxygens (including phenoxy) is 1. The lowest BCUT2D eigenvalue weighted by atomic mass is 9.98. The summed E-state index contributed by atoms with van der Waals surface area (Å²) < 4.78 is 5.44. The first-order valence-electron chi connectivity index (χ1n) is 9.91. The summed E-state index contributed by atoms with van der Waals surface area (Å²) in [5.41, 5.74) is 5.31. The van der Waals surface area contributed by atoms with Gasteiger partial charge in [0.25, 0.3) is 0 Å². The number of carboxylic acid groups (broad SMARTS) is 1. The lowest BCUT2D eigenvalue weighted by molar-refractivity contribution is -0.139. The van der Waals surface area contributed by atoms with E-state index >= 15 is 0 Å². The Labute approximate surface area is 179 Å². The molecular weight excluding hydrogens is 392 g/mol. The summed E-state index contributed by atoms with van der Waals surface area (Å²) in [4.78, 5) is 24.1. The first-order chi connectivity index (χ1) is 15.1. The average Bonchev–Trinajstić information content (AvgIpc) is 3.11. The maximum Gasteiger partial charge on any atom is 0.407 e. The fraction of sp³-hybridized carbons (Fsp3) is 0.160. The highest BCUT2D eigenvalue weighted by atomic mass is 16.5. The molecular formula is C25H20N2O4. The number of rotatable bonds is 6. The molecule has 154 valence electrons. The number of carboxylic acids is 1. The number of carbonyl (C=O) groups is 2. The summed E-state index contributed by atoms with van der Waals surface area (Å²) in [7, 11) is 0.